The second kappa shape index (κ2) is 10.1. The minimum absolute atomic E-state index is 0.0648. The van der Waals surface area contributed by atoms with Gasteiger partial charge in [-0.05, 0) is 43.2 Å². The molecule has 2 aliphatic heterocycles. The van der Waals surface area contributed by atoms with Crippen molar-refractivity contribution in [2.75, 3.05) is 54.9 Å². The first-order chi connectivity index (χ1) is 15.8. The zero-order valence-electron chi connectivity index (χ0n) is 19.5. The molecule has 2 heterocycles. The van der Waals surface area contributed by atoms with Crippen LogP contribution in [0, 0.1) is 0 Å². The van der Waals surface area contributed by atoms with Gasteiger partial charge in [0.05, 0.1) is 11.5 Å². The lowest BCUT2D eigenvalue weighted by atomic mass is 10.1. The quantitative estimate of drug-likeness (QED) is 0.670. The van der Waals surface area contributed by atoms with Crippen LogP contribution in [0.2, 0.25) is 0 Å². The molecule has 0 spiro atoms. The number of hydrogen-bond donors (Lipinski definition) is 1. The average molecular weight is 471 g/mol. The molecule has 2 saturated heterocycles. The molecule has 1 amide bonds. The lowest BCUT2D eigenvalue weighted by Gasteiger charge is -2.36. The highest BCUT2D eigenvalue weighted by molar-refractivity contribution is 7.91. The fourth-order valence-electron chi connectivity index (χ4n) is 4.65. The molecule has 0 saturated carbocycles. The topological polar surface area (TPSA) is 73.0 Å². The summed E-state index contributed by atoms with van der Waals surface area (Å²) >= 11 is 0. The molecule has 7 nitrogen and oxygen atoms in total. The van der Waals surface area contributed by atoms with Gasteiger partial charge in [0, 0.05) is 57.2 Å². The minimum Gasteiger partial charge on any atom is -0.374 e. The Hall–Kier alpha value is -2.58. The van der Waals surface area contributed by atoms with Gasteiger partial charge >= 0.3 is 0 Å². The lowest BCUT2D eigenvalue weighted by Crippen LogP contribution is -2.46. The minimum atomic E-state index is -3.02. The van der Waals surface area contributed by atoms with Crippen molar-refractivity contribution in [3.05, 3.63) is 60.2 Å². The number of anilines is 2. The van der Waals surface area contributed by atoms with Crippen LogP contribution in [-0.2, 0) is 21.2 Å². The Kier molecular flexibility index (Phi) is 7.24. The summed E-state index contributed by atoms with van der Waals surface area (Å²) in [6, 6.07) is 18.1. The Morgan fingerprint density at radius 1 is 1.06 bits per heavy atom. The largest absolute Gasteiger partial charge is 0.374 e. The van der Waals surface area contributed by atoms with Crippen molar-refractivity contribution in [3.8, 4) is 0 Å². The molecule has 2 fully saturated rings. The smallest absolute Gasteiger partial charge is 0.244 e. The number of amides is 1. The number of nitrogens with zero attached hydrogens (tertiary/aromatic N) is 3. The van der Waals surface area contributed by atoms with Crippen molar-refractivity contribution in [2.45, 2.75) is 32.0 Å². The third-order valence-electron chi connectivity index (χ3n) is 6.71. The molecule has 4 rings (SSSR count). The van der Waals surface area contributed by atoms with E-state index < -0.39 is 15.9 Å². The summed E-state index contributed by atoms with van der Waals surface area (Å²) in [4.78, 5) is 19.3. The van der Waals surface area contributed by atoms with Crippen LogP contribution in [0.1, 0.15) is 18.9 Å². The number of benzene rings is 2. The van der Waals surface area contributed by atoms with E-state index in [-0.39, 0.29) is 23.5 Å². The summed E-state index contributed by atoms with van der Waals surface area (Å²) in [6.07, 6.45) is 0.518. The molecule has 2 aromatic rings. The van der Waals surface area contributed by atoms with Gasteiger partial charge in [0.15, 0.2) is 9.84 Å². The Morgan fingerprint density at radius 3 is 2.33 bits per heavy atom. The maximum Gasteiger partial charge on any atom is 0.244 e. The van der Waals surface area contributed by atoms with Crippen molar-refractivity contribution in [1.29, 1.82) is 0 Å². The number of carbonyl (C=O) groups excluding carboxylic acids is 1. The molecule has 0 radical (unpaired) electrons. The van der Waals surface area contributed by atoms with Crippen LogP contribution in [0.5, 0.6) is 0 Å². The van der Waals surface area contributed by atoms with E-state index in [4.69, 9.17) is 0 Å². The van der Waals surface area contributed by atoms with Crippen LogP contribution in [0.15, 0.2) is 54.6 Å². The van der Waals surface area contributed by atoms with E-state index in [1.165, 1.54) is 11.3 Å². The molecular weight excluding hydrogens is 436 g/mol. The van der Waals surface area contributed by atoms with Crippen molar-refractivity contribution >= 4 is 27.1 Å². The van der Waals surface area contributed by atoms with Gasteiger partial charge in [0.1, 0.15) is 6.04 Å². The van der Waals surface area contributed by atoms with E-state index in [0.717, 1.165) is 38.4 Å². The number of hydrogen-bond acceptors (Lipinski definition) is 6. The van der Waals surface area contributed by atoms with Crippen molar-refractivity contribution in [2.24, 2.45) is 0 Å². The maximum absolute atomic E-state index is 12.8. The van der Waals surface area contributed by atoms with Crippen LogP contribution in [0.4, 0.5) is 11.4 Å². The molecule has 178 valence electrons. The monoisotopic (exact) mass is 470 g/mol. The highest BCUT2D eigenvalue weighted by Gasteiger charge is 2.34. The number of piperazine rings is 1. The lowest BCUT2D eigenvalue weighted by molar-refractivity contribution is -0.132. The molecular formula is C25H34N4O3S. The van der Waals surface area contributed by atoms with Crippen molar-refractivity contribution in [1.82, 2.24) is 9.80 Å². The summed E-state index contributed by atoms with van der Waals surface area (Å²) in [5.74, 6) is 0.143. The van der Waals surface area contributed by atoms with Crippen molar-refractivity contribution in [3.63, 3.8) is 0 Å². The van der Waals surface area contributed by atoms with Gasteiger partial charge in [-0.2, -0.15) is 0 Å². The number of sulfone groups is 1. The number of carbonyl (C=O) groups is 1. The predicted octanol–water partition coefficient (Wildman–Crippen LogP) is 2.45. The van der Waals surface area contributed by atoms with Gasteiger partial charge in [0.2, 0.25) is 5.91 Å². The first-order valence-electron chi connectivity index (χ1n) is 11.7. The Balaban J connectivity index is 1.26. The van der Waals surface area contributed by atoms with E-state index in [9.17, 15) is 13.2 Å². The highest BCUT2D eigenvalue weighted by Crippen LogP contribution is 2.22. The summed E-state index contributed by atoms with van der Waals surface area (Å²) in [7, 11) is -1.31. The summed E-state index contributed by atoms with van der Waals surface area (Å²) in [6.45, 7) is 6.85. The van der Waals surface area contributed by atoms with E-state index in [1.54, 1.807) is 11.9 Å². The molecule has 2 aliphatic rings. The van der Waals surface area contributed by atoms with E-state index in [2.05, 4.69) is 57.6 Å². The van der Waals surface area contributed by atoms with Gasteiger partial charge in [-0.15, -0.1) is 0 Å². The molecule has 2 aromatic carbocycles. The van der Waals surface area contributed by atoms with Crippen molar-refractivity contribution < 1.29 is 13.2 Å². The predicted molar refractivity (Wildman–Crippen MR) is 133 cm³/mol. The van der Waals surface area contributed by atoms with Gasteiger partial charge in [-0.3, -0.25) is 9.69 Å². The molecule has 8 heteroatoms. The number of nitrogens with one attached hydrogen (secondary N) is 1. The zero-order valence-corrected chi connectivity index (χ0v) is 20.3. The van der Waals surface area contributed by atoms with Gasteiger partial charge < -0.3 is 15.1 Å². The zero-order chi connectivity index (χ0) is 23.4. The highest BCUT2D eigenvalue weighted by atomic mass is 32.2. The van der Waals surface area contributed by atoms with Gasteiger partial charge in [-0.1, -0.05) is 30.3 Å². The standard InChI is InChI=1S/C25H34N4O3S/c1-20(25(30)27(2)24-12-17-33(31,32)19-24)26-22-8-10-23(11-9-22)29-15-13-28(14-16-29)18-21-6-4-3-5-7-21/h3-11,20,24,26H,12-19H2,1-2H3. The van der Waals surface area contributed by atoms with Crippen LogP contribution < -0.4 is 10.2 Å². The summed E-state index contributed by atoms with van der Waals surface area (Å²) in [5, 5.41) is 3.26. The maximum atomic E-state index is 12.8. The normalized spacial score (nSPS) is 21.5. The first-order valence-corrected chi connectivity index (χ1v) is 13.5. The van der Waals surface area contributed by atoms with Crippen LogP contribution >= 0.6 is 0 Å². The molecule has 2 atom stereocenters. The Bertz CT molecular complexity index is 1040. The van der Waals surface area contributed by atoms with Crippen LogP contribution in [0.3, 0.4) is 0 Å². The van der Waals surface area contributed by atoms with Crippen LogP contribution in [-0.4, -0.2) is 80.9 Å². The van der Waals surface area contributed by atoms with E-state index >= 15 is 0 Å². The average Bonchev–Trinajstić information content (AvgIpc) is 3.19. The molecule has 33 heavy (non-hydrogen) atoms. The second-order valence-electron chi connectivity index (χ2n) is 9.17. The Morgan fingerprint density at radius 2 is 1.73 bits per heavy atom. The first kappa shape index (κ1) is 23.6. The molecule has 0 aliphatic carbocycles. The van der Waals surface area contributed by atoms with E-state index in [1.807, 2.05) is 19.1 Å². The third-order valence-corrected chi connectivity index (χ3v) is 8.46. The SMILES string of the molecule is CC(Nc1ccc(N2CCN(Cc3ccccc3)CC2)cc1)C(=O)N(C)C1CCS(=O)(=O)C1. The summed E-state index contributed by atoms with van der Waals surface area (Å²) in [5.41, 5.74) is 3.42. The van der Waals surface area contributed by atoms with Gasteiger partial charge in [-0.25, -0.2) is 8.42 Å². The van der Waals surface area contributed by atoms with E-state index in [0.29, 0.717) is 6.42 Å². The fourth-order valence-corrected chi connectivity index (χ4v) is 6.43. The molecule has 2 unspecified atom stereocenters. The molecule has 1 N–H and O–H groups in total. The number of likely N-dealkylation sites (N-methyl/N-ethyl adjacent to an activating group) is 1. The molecule has 0 aromatic heterocycles. The van der Waals surface area contributed by atoms with Crippen LogP contribution in [0.25, 0.3) is 0 Å². The number of rotatable bonds is 7. The fraction of sp³-hybridized carbons (Fsp3) is 0.480. The third kappa shape index (κ3) is 6.06. The Labute approximate surface area is 197 Å². The molecule has 0 bridgehead atoms. The second-order valence-corrected chi connectivity index (χ2v) is 11.4. The van der Waals surface area contributed by atoms with Gasteiger partial charge in [0.25, 0.3) is 0 Å². The summed E-state index contributed by atoms with van der Waals surface area (Å²) < 4.78 is 23.5.